The van der Waals surface area contributed by atoms with E-state index in [9.17, 15) is 0 Å². The molecule has 132 valence electrons. The van der Waals surface area contributed by atoms with Crippen LogP contribution in [-0.2, 0) is 5.41 Å². The van der Waals surface area contributed by atoms with E-state index in [1.807, 2.05) is 3.58 Å². The molecule has 0 unspecified atom stereocenters. The van der Waals surface area contributed by atoms with Gasteiger partial charge in [0.1, 0.15) is 0 Å². The Labute approximate surface area is 150 Å². The van der Waals surface area contributed by atoms with Crippen molar-refractivity contribution in [3.63, 3.8) is 0 Å². The molecular weight excluding hydrogens is 383 g/mol. The second-order valence-corrected chi connectivity index (χ2v) is 21.7. The van der Waals surface area contributed by atoms with Crippen molar-refractivity contribution < 1.29 is 0 Å². The van der Waals surface area contributed by atoms with Crippen molar-refractivity contribution in [1.29, 1.82) is 0 Å². The van der Waals surface area contributed by atoms with Gasteiger partial charge in [0.15, 0.2) is 0 Å². The summed E-state index contributed by atoms with van der Waals surface area (Å²) in [6.45, 7) is 14.0. The molecule has 0 fully saturated rings. The number of unbranched alkanes of at least 4 members (excludes halogenated alkanes) is 3. The van der Waals surface area contributed by atoms with Crippen LogP contribution in [0.2, 0.25) is 13.3 Å². The van der Waals surface area contributed by atoms with Crippen molar-refractivity contribution in [2.75, 3.05) is 0 Å². The molecule has 0 saturated carbocycles. The van der Waals surface area contributed by atoms with Crippen molar-refractivity contribution in [3.8, 4) is 0 Å². The van der Waals surface area contributed by atoms with Crippen LogP contribution in [-0.4, -0.2) is 18.4 Å². The van der Waals surface area contributed by atoms with Gasteiger partial charge in [0.05, 0.1) is 0 Å². The van der Waals surface area contributed by atoms with Crippen LogP contribution in [0.1, 0.15) is 85.6 Å². The molecular formula is C22H40Sn. The Bertz CT molecular complexity index is 403. The molecule has 0 aliphatic heterocycles. The van der Waals surface area contributed by atoms with Gasteiger partial charge >= 0.3 is 151 Å². The summed E-state index contributed by atoms with van der Waals surface area (Å²) in [7, 11) is 0. The van der Waals surface area contributed by atoms with Crippen molar-refractivity contribution in [3.05, 3.63) is 29.8 Å². The van der Waals surface area contributed by atoms with E-state index < -0.39 is 18.4 Å². The Morgan fingerprint density at radius 3 is 1.39 bits per heavy atom. The van der Waals surface area contributed by atoms with Crippen molar-refractivity contribution in [1.82, 2.24) is 0 Å². The summed E-state index contributed by atoms with van der Waals surface area (Å²) in [6, 6.07) is 9.95. The van der Waals surface area contributed by atoms with Gasteiger partial charge in [-0.05, 0) is 0 Å². The fourth-order valence-corrected chi connectivity index (χ4v) is 19.6. The predicted molar refractivity (Wildman–Crippen MR) is 110 cm³/mol. The van der Waals surface area contributed by atoms with Crippen LogP contribution < -0.4 is 3.58 Å². The number of benzene rings is 1. The molecule has 0 saturated heterocycles. The molecule has 0 bridgehead atoms. The van der Waals surface area contributed by atoms with Gasteiger partial charge in [-0.15, -0.1) is 0 Å². The zero-order chi connectivity index (χ0) is 17.3. The molecule has 0 spiro atoms. The molecule has 0 atom stereocenters. The minimum absolute atomic E-state index is 0.271. The van der Waals surface area contributed by atoms with Gasteiger partial charge in [0, 0.05) is 0 Å². The predicted octanol–water partition coefficient (Wildman–Crippen LogP) is 7.04. The van der Waals surface area contributed by atoms with Crippen LogP contribution >= 0.6 is 0 Å². The molecule has 1 aromatic carbocycles. The third-order valence-electron chi connectivity index (χ3n) is 5.39. The molecule has 1 rings (SSSR count). The second kappa shape index (κ2) is 10.1. The Morgan fingerprint density at radius 2 is 1.09 bits per heavy atom. The molecule has 0 radical (unpaired) electrons. The minimum atomic E-state index is -2.20. The number of hydrogen-bond acceptors (Lipinski definition) is 0. The summed E-state index contributed by atoms with van der Waals surface area (Å²) in [4.78, 5) is 0. The Hall–Kier alpha value is 0.0187. The first-order valence-electron chi connectivity index (χ1n) is 10.0. The fraction of sp³-hybridized carbons (Fsp3) is 0.727. The monoisotopic (exact) mass is 424 g/mol. The third-order valence-corrected chi connectivity index (χ3v) is 21.1. The molecule has 0 aliphatic rings. The van der Waals surface area contributed by atoms with E-state index in [0.717, 1.165) is 0 Å². The molecule has 0 nitrogen and oxygen atoms in total. The summed E-state index contributed by atoms with van der Waals surface area (Å²) in [5.74, 6) is 0. The molecule has 0 heterocycles. The zero-order valence-corrected chi connectivity index (χ0v) is 19.5. The average Bonchev–Trinajstić information content (AvgIpc) is 2.54. The Kier molecular flexibility index (Phi) is 9.26. The van der Waals surface area contributed by atoms with E-state index in [2.05, 4.69) is 65.8 Å². The van der Waals surface area contributed by atoms with E-state index in [4.69, 9.17) is 0 Å². The van der Waals surface area contributed by atoms with E-state index in [1.54, 1.807) is 13.3 Å². The van der Waals surface area contributed by atoms with Crippen molar-refractivity contribution >= 4 is 22.0 Å². The van der Waals surface area contributed by atoms with Crippen LogP contribution in [0, 0.1) is 0 Å². The van der Waals surface area contributed by atoms with E-state index in [-0.39, 0.29) is 5.41 Å². The van der Waals surface area contributed by atoms with Gasteiger partial charge in [-0.1, -0.05) is 0 Å². The standard InChI is InChI=1S/C10H13.3C4H9.Sn/c1-10(2,3)9-7-5-4-6-8-9;3*1-3-4-2;/h5-8H,1-3H3;3*1,3-4H2,2H3;. The zero-order valence-electron chi connectivity index (χ0n) is 16.7. The van der Waals surface area contributed by atoms with E-state index >= 15 is 0 Å². The molecule has 23 heavy (non-hydrogen) atoms. The van der Waals surface area contributed by atoms with Gasteiger partial charge < -0.3 is 0 Å². The summed E-state index contributed by atoms with van der Waals surface area (Å²) < 4.78 is 6.52. The van der Waals surface area contributed by atoms with Gasteiger partial charge in [-0.2, -0.15) is 0 Å². The first kappa shape index (κ1) is 21.1. The van der Waals surface area contributed by atoms with E-state index in [0.29, 0.717) is 0 Å². The van der Waals surface area contributed by atoms with Gasteiger partial charge in [0.2, 0.25) is 0 Å². The van der Waals surface area contributed by atoms with Crippen LogP contribution in [0.4, 0.5) is 0 Å². The summed E-state index contributed by atoms with van der Waals surface area (Å²) >= 11 is -2.20. The summed E-state index contributed by atoms with van der Waals surface area (Å²) in [5.41, 5.74) is 1.76. The normalized spacial score (nSPS) is 12.6. The maximum atomic E-state index is 2.54. The Balaban J connectivity index is 3.12. The maximum absolute atomic E-state index is 2.54. The first-order chi connectivity index (χ1) is 10.9. The van der Waals surface area contributed by atoms with Gasteiger partial charge in [-0.3, -0.25) is 0 Å². The summed E-state index contributed by atoms with van der Waals surface area (Å²) in [5, 5.41) is 0. The molecule has 0 aliphatic carbocycles. The third kappa shape index (κ3) is 6.44. The SMILES string of the molecule is CCC[CH2][Sn]([CH2]CCC)([CH2]CCC)[c]1ccc(C(C)(C)C)cc1. The molecule has 0 aromatic heterocycles. The molecule has 0 N–H and O–H groups in total. The average molecular weight is 423 g/mol. The van der Waals surface area contributed by atoms with Crippen molar-refractivity contribution in [2.24, 2.45) is 0 Å². The first-order valence-corrected chi connectivity index (χ1v) is 17.5. The van der Waals surface area contributed by atoms with Gasteiger partial charge in [-0.25, -0.2) is 0 Å². The van der Waals surface area contributed by atoms with Crippen LogP contribution in [0.3, 0.4) is 0 Å². The summed E-state index contributed by atoms with van der Waals surface area (Å²) in [6.07, 6.45) is 8.42. The van der Waals surface area contributed by atoms with Crippen LogP contribution in [0.25, 0.3) is 0 Å². The molecule has 1 heteroatoms. The number of hydrogen-bond donors (Lipinski definition) is 0. The van der Waals surface area contributed by atoms with Gasteiger partial charge in [0.25, 0.3) is 0 Å². The van der Waals surface area contributed by atoms with E-state index in [1.165, 1.54) is 44.1 Å². The Morgan fingerprint density at radius 1 is 0.696 bits per heavy atom. The number of rotatable bonds is 10. The van der Waals surface area contributed by atoms with Crippen LogP contribution in [0.15, 0.2) is 24.3 Å². The van der Waals surface area contributed by atoms with Crippen molar-refractivity contribution in [2.45, 2.75) is 98.8 Å². The van der Waals surface area contributed by atoms with Crippen LogP contribution in [0.5, 0.6) is 0 Å². The second-order valence-electron chi connectivity index (χ2n) is 8.42. The molecule has 1 aromatic rings. The fourth-order valence-electron chi connectivity index (χ4n) is 3.68. The topological polar surface area (TPSA) is 0 Å². The quantitative estimate of drug-likeness (QED) is 0.354. The molecule has 0 amide bonds.